The molecule has 4 rings (SSSR count). The number of fused-ring (bicyclic) bond motifs is 2. The smallest absolute Gasteiger partial charge is 0.0332 e. The van der Waals surface area contributed by atoms with Crippen molar-refractivity contribution in [2.24, 2.45) is 0 Å². The highest BCUT2D eigenvalue weighted by Gasteiger charge is 2.22. The van der Waals surface area contributed by atoms with Gasteiger partial charge in [0.1, 0.15) is 0 Å². The molecule has 1 aliphatic carbocycles. The van der Waals surface area contributed by atoms with E-state index >= 15 is 0 Å². The molecule has 1 saturated carbocycles. The molecule has 0 bridgehead atoms. The van der Waals surface area contributed by atoms with Crippen LogP contribution in [0.5, 0.6) is 0 Å². The molecule has 86 valence electrons. The molecule has 0 radical (unpaired) electrons. The summed E-state index contributed by atoms with van der Waals surface area (Å²) in [7, 11) is 0. The van der Waals surface area contributed by atoms with Crippen molar-refractivity contribution in [1.82, 2.24) is 4.57 Å². The number of aromatic nitrogens is 1. The third kappa shape index (κ3) is 1.71. The summed E-state index contributed by atoms with van der Waals surface area (Å²) < 4.78 is 2.38. The first kappa shape index (κ1) is 10.7. The first-order valence-electron chi connectivity index (χ1n) is 5.90. The first-order chi connectivity index (χ1) is 7.90. The minimum absolute atomic E-state index is 0. The maximum atomic E-state index is 2.38. The summed E-state index contributed by atoms with van der Waals surface area (Å²) in [4.78, 5) is 0. The lowest BCUT2D eigenvalue weighted by Gasteiger charge is -1.96. The molecule has 17 heavy (non-hydrogen) atoms. The predicted molar refractivity (Wildman–Crippen MR) is 75.0 cm³/mol. The zero-order chi connectivity index (χ0) is 10.5. The normalized spacial score (nSPS) is 15.1. The van der Waals surface area contributed by atoms with Gasteiger partial charge in [0.2, 0.25) is 0 Å². The van der Waals surface area contributed by atoms with Crippen LogP contribution in [0.4, 0.5) is 0 Å². The van der Waals surface area contributed by atoms with Crippen molar-refractivity contribution in [3.63, 3.8) is 0 Å². The Bertz CT molecular complexity index is 627. The summed E-state index contributed by atoms with van der Waals surface area (Å²) in [6.45, 7) is 0. The van der Waals surface area contributed by atoms with E-state index in [1.165, 1.54) is 34.4 Å². The van der Waals surface area contributed by atoms with Crippen molar-refractivity contribution in [2.45, 2.75) is 18.9 Å². The van der Waals surface area contributed by atoms with E-state index in [1.54, 1.807) is 0 Å². The molecule has 0 aliphatic heterocycles. The Hall–Kier alpha value is -1.47. The molecule has 0 unspecified atom stereocenters. The van der Waals surface area contributed by atoms with Gasteiger partial charge in [-0.3, -0.25) is 0 Å². The molecule has 1 aliphatic rings. The first-order valence-corrected chi connectivity index (χ1v) is 5.90. The summed E-state index contributed by atoms with van der Waals surface area (Å²) in [5.41, 5.74) is 0. The summed E-state index contributed by atoms with van der Waals surface area (Å²) in [6.07, 6.45) is 7.28. The average Bonchev–Trinajstić information content (AvgIpc) is 3.07. The maximum Gasteiger partial charge on any atom is 0.0332 e. The van der Waals surface area contributed by atoms with Crippen LogP contribution in [0, 0.1) is 0 Å². The van der Waals surface area contributed by atoms with Crippen LogP contribution in [-0.4, -0.2) is 4.57 Å². The van der Waals surface area contributed by atoms with Gasteiger partial charge in [0.25, 0.3) is 0 Å². The standard InChI is InChI=1S/C15H13N.ClH/c1-2-4-12-8-14-10-16(15-5-6-15)9-13(14)7-11(12)3-1;/h1-4,7-10,15H,5-6H2;1H. The Labute approximate surface area is 106 Å². The van der Waals surface area contributed by atoms with Gasteiger partial charge in [-0.1, -0.05) is 24.3 Å². The van der Waals surface area contributed by atoms with Gasteiger partial charge in [0, 0.05) is 18.4 Å². The molecule has 1 fully saturated rings. The van der Waals surface area contributed by atoms with Crippen molar-refractivity contribution in [1.29, 1.82) is 0 Å². The van der Waals surface area contributed by atoms with E-state index in [1.807, 2.05) is 0 Å². The van der Waals surface area contributed by atoms with Gasteiger partial charge in [-0.25, -0.2) is 0 Å². The van der Waals surface area contributed by atoms with Crippen molar-refractivity contribution in [3.8, 4) is 0 Å². The maximum absolute atomic E-state index is 2.38. The second-order valence-corrected chi connectivity index (χ2v) is 4.76. The van der Waals surface area contributed by atoms with Gasteiger partial charge in [-0.05, 0) is 46.5 Å². The minimum Gasteiger partial charge on any atom is -0.350 e. The molecule has 0 saturated heterocycles. The van der Waals surface area contributed by atoms with E-state index in [-0.39, 0.29) is 12.4 Å². The predicted octanol–water partition coefficient (Wildman–Crippen LogP) is 4.55. The highest BCUT2D eigenvalue weighted by atomic mass is 35.5. The van der Waals surface area contributed by atoms with E-state index in [0.717, 1.165) is 6.04 Å². The lowest BCUT2D eigenvalue weighted by Crippen LogP contribution is -1.85. The second kappa shape index (κ2) is 3.78. The van der Waals surface area contributed by atoms with Crippen LogP contribution in [-0.2, 0) is 0 Å². The number of halogens is 1. The van der Waals surface area contributed by atoms with E-state index in [9.17, 15) is 0 Å². The molecule has 1 aromatic heterocycles. The fourth-order valence-corrected chi connectivity index (χ4v) is 2.44. The quantitative estimate of drug-likeness (QED) is 0.591. The van der Waals surface area contributed by atoms with Crippen LogP contribution in [0.3, 0.4) is 0 Å². The zero-order valence-corrected chi connectivity index (χ0v) is 10.3. The van der Waals surface area contributed by atoms with Gasteiger partial charge in [0.15, 0.2) is 0 Å². The van der Waals surface area contributed by atoms with Crippen molar-refractivity contribution < 1.29 is 0 Å². The molecular weight excluding hydrogens is 230 g/mol. The second-order valence-electron chi connectivity index (χ2n) is 4.76. The summed E-state index contributed by atoms with van der Waals surface area (Å²) in [5.74, 6) is 0. The topological polar surface area (TPSA) is 4.93 Å². The van der Waals surface area contributed by atoms with E-state index in [2.05, 4.69) is 53.4 Å². The van der Waals surface area contributed by atoms with Crippen molar-refractivity contribution in [2.75, 3.05) is 0 Å². The van der Waals surface area contributed by atoms with Crippen LogP contribution in [0.2, 0.25) is 0 Å². The highest BCUT2D eigenvalue weighted by Crippen LogP contribution is 2.37. The highest BCUT2D eigenvalue weighted by molar-refractivity contribution is 5.98. The number of hydrogen-bond acceptors (Lipinski definition) is 0. The van der Waals surface area contributed by atoms with Crippen LogP contribution in [0.25, 0.3) is 21.5 Å². The molecule has 1 nitrogen and oxygen atoms in total. The number of hydrogen-bond donors (Lipinski definition) is 0. The Balaban J connectivity index is 0.000000902. The molecule has 1 heterocycles. The van der Waals surface area contributed by atoms with Gasteiger partial charge in [0.05, 0.1) is 0 Å². The zero-order valence-electron chi connectivity index (χ0n) is 9.47. The Morgan fingerprint density at radius 3 is 1.82 bits per heavy atom. The molecule has 3 aromatic rings. The lowest BCUT2D eigenvalue weighted by atomic mass is 10.1. The molecule has 0 amide bonds. The molecule has 2 aromatic carbocycles. The Morgan fingerprint density at radius 2 is 1.35 bits per heavy atom. The monoisotopic (exact) mass is 243 g/mol. The lowest BCUT2D eigenvalue weighted by molar-refractivity contribution is 0.751. The summed E-state index contributed by atoms with van der Waals surface area (Å²) >= 11 is 0. The third-order valence-corrected chi connectivity index (χ3v) is 3.50. The van der Waals surface area contributed by atoms with Gasteiger partial charge in [-0.2, -0.15) is 0 Å². The molecule has 2 heteroatoms. The number of benzene rings is 2. The third-order valence-electron chi connectivity index (χ3n) is 3.50. The van der Waals surface area contributed by atoms with Crippen molar-refractivity contribution >= 4 is 34.0 Å². The largest absolute Gasteiger partial charge is 0.350 e. The molecule has 0 spiro atoms. The van der Waals surface area contributed by atoms with E-state index in [0.29, 0.717) is 0 Å². The fraction of sp³-hybridized carbons (Fsp3) is 0.200. The van der Waals surface area contributed by atoms with Crippen LogP contribution < -0.4 is 0 Å². The Morgan fingerprint density at radius 1 is 0.824 bits per heavy atom. The van der Waals surface area contributed by atoms with Gasteiger partial charge < -0.3 is 4.57 Å². The van der Waals surface area contributed by atoms with E-state index in [4.69, 9.17) is 0 Å². The van der Waals surface area contributed by atoms with Crippen LogP contribution in [0.1, 0.15) is 18.9 Å². The van der Waals surface area contributed by atoms with Gasteiger partial charge in [-0.15, -0.1) is 12.4 Å². The number of nitrogens with zero attached hydrogens (tertiary/aromatic N) is 1. The summed E-state index contributed by atoms with van der Waals surface area (Å²) in [6, 6.07) is 13.9. The van der Waals surface area contributed by atoms with Crippen LogP contribution in [0.15, 0.2) is 48.8 Å². The van der Waals surface area contributed by atoms with Crippen LogP contribution >= 0.6 is 12.4 Å². The van der Waals surface area contributed by atoms with E-state index < -0.39 is 0 Å². The Kier molecular flexibility index (Phi) is 2.37. The number of rotatable bonds is 1. The fourth-order valence-electron chi connectivity index (χ4n) is 2.44. The molecule has 0 atom stereocenters. The molecule has 0 N–H and O–H groups in total. The summed E-state index contributed by atoms with van der Waals surface area (Å²) in [5, 5.41) is 5.41. The SMILES string of the molecule is Cl.c1ccc2cc3cn(C4CC4)cc3cc2c1. The van der Waals surface area contributed by atoms with Gasteiger partial charge >= 0.3 is 0 Å². The minimum atomic E-state index is 0. The molecular formula is C15H14ClN. The van der Waals surface area contributed by atoms with Crippen molar-refractivity contribution in [3.05, 3.63) is 48.8 Å². The average molecular weight is 244 g/mol.